The van der Waals surface area contributed by atoms with E-state index in [9.17, 15) is 30.8 Å². The van der Waals surface area contributed by atoms with E-state index in [2.05, 4.69) is 0 Å². The Hall–Kier alpha value is -1.68. The molecule has 2 N–H and O–H groups in total. The van der Waals surface area contributed by atoms with Gasteiger partial charge in [-0.2, -0.15) is 13.2 Å². The third-order valence-electron chi connectivity index (χ3n) is 3.12. The van der Waals surface area contributed by atoms with Crippen LogP contribution in [0.15, 0.2) is 18.2 Å². The molecule has 0 bridgehead atoms. The highest BCUT2D eigenvalue weighted by Crippen LogP contribution is 2.35. The van der Waals surface area contributed by atoms with Crippen molar-refractivity contribution < 1.29 is 30.8 Å². The number of carbonyl (C=O) groups is 1. The first kappa shape index (κ1) is 15.7. The Balaban J connectivity index is 2.38. The molecule has 1 atom stereocenters. The van der Waals surface area contributed by atoms with Gasteiger partial charge in [-0.05, 0) is 18.2 Å². The van der Waals surface area contributed by atoms with Crippen LogP contribution < -0.4 is 10.0 Å². The number of halogens is 4. The molecule has 1 saturated heterocycles. The number of hydrogen-bond acceptors (Lipinski definition) is 3. The van der Waals surface area contributed by atoms with Gasteiger partial charge in [0.1, 0.15) is 11.1 Å². The standard InChI is InChI=1S/C11H10F4N2O3S/c12-9-2-1-6(3-8(9)11(13,14)15)17-5-7(4-10(17)18)21(16,19)20/h1-3,7H,4-5H2,(H2,16,19,20). The van der Waals surface area contributed by atoms with Crippen molar-refractivity contribution in [2.24, 2.45) is 5.14 Å². The molecule has 1 amide bonds. The number of primary sulfonamides is 1. The summed E-state index contributed by atoms with van der Waals surface area (Å²) in [5, 5.41) is 3.73. The summed E-state index contributed by atoms with van der Waals surface area (Å²) >= 11 is 0. The summed E-state index contributed by atoms with van der Waals surface area (Å²) in [5.41, 5.74) is -1.74. The monoisotopic (exact) mass is 326 g/mol. The Morgan fingerprint density at radius 1 is 1.29 bits per heavy atom. The fourth-order valence-corrected chi connectivity index (χ4v) is 2.77. The first-order valence-electron chi connectivity index (χ1n) is 5.69. The normalized spacial score (nSPS) is 20.1. The number of amides is 1. The number of hydrogen-bond donors (Lipinski definition) is 1. The van der Waals surface area contributed by atoms with Crippen LogP contribution in [-0.4, -0.2) is 26.1 Å². The first-order chi connectivity index (χ1) is 9.50. The lowest BCUT2D eigenvalue weighted by Gasteiger charge is -2.18. The molecule has 1 aliphatic heterocycles. The third kappa shape index (κ3) is 3.16. The van der Waals surface area contributed by atoms with E-state index in [1.165, 1.54) is 0 Å². The largest absolute Gasteiger partial charge is 0.419 e. The maximum atomic E-state index is 13.2. The maximum Gasteiger partial charge on any atom is 0.419 e. The summed E-state index contributed by atoms with van der Waals surface area (Å²) in [4.78, 5) is 12.6. The fraction of sp³-hybridized carbons (Fsp3) is 0.364. The molecule has 0 spiro atoms. The van der Waals surface area contributed by atoms with Crippen LogP contribution in [0.2, 0.25) is 0 Å². The van der Waals surface area contributed by atoms with Gasteiger partial charge in [0.15, 0.2) is 0 Å². The van der Waals surface area contributed by atoms with Gasteiger partial charge < -0.3 is 4.90 Å². The predicted molar refractivity (Wildman–Crippen MR) is 65.3 cm³/mol. The molecule has 0 saturated carbocycles. The van der Waals surface area contributed by atoms with E-state index in [0.29, 0.717) is 12.1 Å². The molecule has 1 unspecified atom stereocenters. The lowest BCUT2D eigenvalue weighted by Crippen LogP contribution is -2.32. The SMILES string of the molecule is NS(=O)(=O)C1CC(=O)N(c2ccc(F)c(C(F)(F)F)c2)C1. The average molecular weight is 326 g/mol. The van der Waals surface area contributed by atoms with Crippen molar-refractivity contribution >= 4 is 21.6 Å². The topological polar surface area (TPSA) is 80.5 Å². The molecular weight excluding hydrogens is 316 g/mol. The zero-order chi connectivity index (χ0) is 16.0. The van der Waals surface area contributed by atoms with Crippen LogP contribution in [0.3, 0.4) is 0 Å². The minimum atomic E-state index is -4.91. The Labute approximate surface area is 117 Å². The van der Waals surface area contributed by atoms with Crippen LogP contribution in [0.1, 0.15) is 12.0 Å². The van der Waals surface area contributed by atoms with Gasteiger partial charge in [-0.25, -0.2) is 17.9 Å². The van der Waals surface area contributed by atoms with E-state index >= 15 is 0 Å². The molecule has 0 aromatic heterocycles. The molecule has 1 aromatic rings. The van der Waals surface area contributed by atoms with Crippen LogP contribution >= 0.6 is 0 Å². The summed E-state index contributed by atoms with van der Waals surface area (Å²) < 4.78 is 73.4. The van der Waals surface area contributed by atoms with Gasteiger partial charge in [-0.15, -0.1) is 0 Å². The van der Waals surface area contributed by atoms with Crippen molar-refractivity contribution in [1.82, 2.24) is 0 Å². The van der Waals surface area contributed by atoms with Crippen LogP contribution in [0.25, 0.3) is 0 Å². The number of benzene rings is 1. The number of alkyl halides is 3. The molecule has 0 radical (unpaired) electrons. The minimum absolute atomic E-state index is 0.222. The van der Waals surface area contributed by atoms with Gasteiger partial charge in [0.25, 0.3) is 0 Å². The van der Waals surface area contributed by atoms with E-state index in [1.54, 1.807) is 0 Å². The highest BCUT2D eigenvalue weighted by Gasteiger charge is 2.39. The molecule has 21 heavy (non-hydrogen) atoms. The summed E-state index contributed by atoms with van der Waals surface area (Å²) in [6.07, 6.45) is -5.33. The van der Waals surface area contributed by atoms with Gasteiger partial charge in [0.2, 0.25) is 15.9 Å². The predicted octanol–water partition coefficient (Wildman–Crippen LogP) is 1.24. The van der Waals surface area contributed by atoms with Gasteiger partial charge in [0.05, 0.1) is 5.56 Å². The second kappa shape index (κ2) is 4.95. The Morgan fingerprint density at radius 2 is 1.90 bits per heavy atom. The summed E-state index contributed by atoms with van der Waals surface area (Å²) in [7, 11) is -3.98. The number of nitrogens with zero attached hydrogens (tertiary/aromatic N) is 1. The van der Waals surface area contributed by atoms with E-state index in [4.69, 9.17) is 5.14 Å². The molecular formula is C11H10F4N2O3S. The van der Waals surface area contributed by atoms with Gasteiger partial charge in [0, 0.05) is 18.7 Å². The zero-order valence-corrected chi connectivity index (χ0v) is 11.2. The quantitative estimate of drug-likeness (QED) is 0.830. The molecule has 116 valence electrons. The molecule has 0 aliphatic carbocycles. The fourth-order valence-electron chi connectivity index (χ4n) is 2.04. The third-order valence-corrected chi connectivity index (χ3v) is 4.37. The van der Waals surface area contributed by atoms with E-state index in [-0.39, 0.29) is 12.2 Å². The van der Waals surface area contributed by atoms with Gasteiger partial charge >= 0.3 is 6.18 Å². The Bertz CT molecular complexity index is 687. The van der Waals surface area contributed by atoms with Crippen LogP contribution in [0.5, 0.6) is 0 Å². The van der Waals surface area contributed by atoms with Gasteiger partial charge in [-0.1, -0.05) is 0 Å². The molecule has 2 rings (SSSR count). The molecule has 1 heterocycles. The van der Waals surface area contributed by atoms with Crippen molar-refractivity contribution in [2.45, 2.75) is 17.8 Å². The van der Waals surface area contributed by atoms with E-state index in [0.717, 1.165) is 11.0 Å². The molecule has 5 nitrogen and oxygen atoms in total. The first-order valence-corrected chi connectivity index (χ1v) is 7.30. The summed E-state index contributed by atoms with van der Waals surface area (Å²) in [5.74, 6) is -2.16. The minimum Gasteiger partial charge on any atom is -0.311 e. The van der Waals surface area contributed by atoms with Gasteiger partial charge in [-0.3, -0.25) is 4.79 Å². The van der Waals surface area contributed by atoms with Crippen molar-refractivity contribution in [1.29, 1.82) is 0 Å². The van der Waals surface area contributed by atoms with Crippen molar-refractivity contribution in [3.05, 3.63) is 29.6 Å². The lowest BCUT2D eigenvalue weighted by molar-refractivity contribution is -0.140. The van der Waals surface area contributed by atoms with Crippen LogP contribution in [0.4, 0.5) is 23.2 Å². The number of sulfonamides is 1. The highest BCUT2D eigenvalue weighted by atomic mass is 32.2. The molecule has 1 aliphatic rings. The Kier molecular flexibility index (Phi) is 3.70. The van der Waals surface area contributed by atoms with Crippen molar-refractivity contribution in [2.75, 3.05) is 11.4 Å². The zero-order valence-electron chi connectivity index (χ0n) is 10.4. The van der Waals surface area contributed by atoms with Crippen molar-refractivity contribution in [3.8, 4) is 0 Å². The smallest absolute Gasteiger partial charge is 0.311 e. The number of anilines is 1. The lowest BCUT2D eigenvalue weighted by atomic mass is 10.1. The van der Waals surface area contributed by atoms with Crippen molar-refractivity contribution in [3.63, 3.8) is 0 Å². The van der Waals surface area contributed by atoms with Crippen LogP contribution in [0, 0.1) is 5.82 Å². The number of nitrogens with two attached hydrogens (primary N) is 1. The molecule has 10 heteroatoms. The second-order valence-corrected chi connectivity index (χ2v) is 6.43. The molecule has 1 fully saturated rings. The summed E-state index contributed by atoms with van der Waals surface area (Å²) in [6, 6.07) is 2.03. The highest BCUT2D eigenvalue weighted by molar-refractivity contribution is 7.89. The maximum absolute atomic E-state index is 13.2. The Morgan fingerprint density at radius 3 is 2.38 bits per heavy atom. The number of rotatable bonds is 2. The molecule has 1 aromatic carbocycles. The van der Waals surface area contributed by atoms with E-state index < -0.39 is 45.2 Å². The van der Waals surface area contributed by atoms with E-state index in [1.807, 2.05) is 0 Å². The summed E-state index contributed by atoms with van der Waals surface area (Å²) in [6.45, 7) is -0.361. The average Bonchev–Trinajstić information content (AvgIpc) is 2.70. The second-order valence-electron chi connectivity index (χ2n) is 4.58. The van der Waals surface area contributed by atoms with Crippen LogP contribution in [-0.2, 0) is 21.0 Å². The number of carbonyl (C=O) groups excluding carboxylic acids is 1.